The number of hydrogen-bond donors (Lipinski definition) is 2. The second kappa shape index (κ2) is 7.22. The first-order valence-corrected chi connectivity index (χ1v) is 12.3. The SMILES string of the molecule is CC1(C)[C@@H]2CC[C@]1(CS(=O)(=O)NC1CC[NH+](Cc3ccccc3)CC1)C(=O)C2. The van der Waals surface area contributed by atoms with Crippen LogP contribution in [0.4, 0.5) is 0 Å². The molecule has 2 aliphatic carbocycles. The molecule has 28 heavy (non-hydrogen) atoms. The number of likely N-dealkylation sites (tertiary alicyclic amines) is 1. The average Bonchev–Trinajstić information content (AvgIpc) is 2.98. The fraction of sp³-hybridized carbons (Fsp3) is 0.682. The number of sulfonamides is 1. The van der Waals surface area contributed by atoms with E-state index in [4.69, 9.17) is 0 Å². The summed E-state index contributed by atoms with van der Waals surface area (Å²) < 4.78 is 28.9. The van der Waals surface area contributed by atoms with E-state index in [9.17, 15) is 13.2 Å². The minimum atomic E-state index is -3.47. The maximum absolute atomic E-state index is 13.0. The summed E-state index contributed by atoms with van der Waals surface area (Å²) in [6.07, 6.45) is 3.98. The molecule has 2 atom stereocenters. The maximum Gasteiger partial charge on any atom is 0.212 e. The van der Waals surface area contributed by atoms with Gasteiger partial charge < -0.3 is 4.90 Å². The lowest BCUT2D eigenvalue weighted by molar-refractivity contribution is -0.918. The smallest absolute Gasteiger partial charge is 0.212 e. The Morgan fingerprint density at radius 3 is 2.36 bits per heavy atom. The topological polar surface area (TPSA) is 67.7 Å². The third-order valence-electron chi connectivity index (χ3n) is 7.91. The molecule has 2 bridgehead atoms. The fourth-order valence-corrected chi connectivity index (χ4v) is 8.09. The number of Topliss-reactive ketones (excluding diaryl/α,β-unsaturated/α-hetero) is 1. The molecule has 0 unspecified atom stereocenters. The van der Waals surface area contributed by atoms with E-state index in [0.717, 1.165) is 45.3 Å². The fourth-order valence-electron chi connectivity index (χ4n) is 5.93. The summed E-state index contributed by atoms with van der Waals surface area (Å²) in [5.41, 5.74) is 0.443. The van der Waals surface area contributed by atoms with Gasteiger partial charge in [-0.25, -0.2) is 13.1 Å². The number of carbonyl (C=O) groups is 1. The van der Waals surface area contributed by atoms with Crippen LogP contribution in [0.15, 0.2) is 30.3 Å². The van der Waals surface area contributed by atoms with Gasteiger partial charge in [0.15, 0.2) is 0 Å². The molecule has 3 fully saturated rings. The number of rotatable bonds is 6. The monoisotopic (exact) mass is 405 g/mol. The predicted molar refractivity (Wildman–Crippen MR) is 109 cm³/mol. The summed E-state index contributed by atoms with van der Waals surface area (Å²) in [4.78, 5) is 14.2. The van der Waals surface area contributed by atoms with E-state index in [1.54, 1.807) is 0 Å². The number of carbonyl (C=O) groups excluding carboxylic acids is 1. The second-order valence-corrected chi connectivity index (χ2v) is 11.5. The summed E-state index contributed by atoms with van der Waals surface area (Å²) in [7, 11) is -3.47. The van der Waals surface area contributed by atoms with Crippen molar-refractivity contribution in [3.63, 3.8) is 0 Å². The minimum absolute atomic E-state index is 0.00209. The third-order valence-corrected chi connectivity index (χ3v) is 9.48. The van der Waals surface area contributed by atoms with Gasteiger partial charge in [0.05, 0.1) is 18.8 Å². The van der Waals surface area contributed by atoms with E-state index < -0.39 is 15.4 Å². The zero-order valence-corrected chi connectivity index (χ0v) is 17.9. The Balaban J connectivity index is 1.34. The average molecular weight is 406 g/mol. The van der Waals surface area contributed by atoms with Gasteiger partial charge in [-0.1, -0.05) is 44.2 Å². The first-order chi connectivity index (χ1) is 13.2. The van der Waals surface area contributed by atoms with Crippen LogP contribution in [0.1, 0.15) is 51.5 Å². The second-order valence-electron chi connectivity index (χ2n) is 9.73. The first kappa shape index (κ1) is 20.0. The molecule has 2 saturated carbocycles. The largest absolute Gasteiger partial charge is 0.331 e. The first-order valence-electron chi connectivity index (χ1n) is 10.6. The van der Waals surface area contributed by atoms with Crippen molar-refractivity contribution in [1.29, 1.82) is 0 Å². The lowest BCUT2D eigenvalue weighted by Gasteiger charge is -2.37. The molecule has 0 aromatic heterocycles. The predicted octanol–water partition coefficient (Wildman–Crippen LogP) is 1.55. The number of quaternary nitrogens is 1. The number of ketones is 1. The minimum Gasteiger partial charge on any atom is -0.331 e. The molecule has 1 aliphatic heterocycles. The standard InChI is InChI=1S/C22H32N2O3S/c1-21(2)18-8-11-22(21,20(25)14-18)16-28(26,27)23-19-9-12-24(13-10-19)15-17-6-4-3-5-7-17/h3-7,18-19,23H,8-16H2,1-2H3/p+1/t18-,22+/m1/s1. The molecule has 1 aromatic rings. The Bertz CT molecular complexity index is 829. The lowest BCUT2D eigenvalue weighted by Crippen LogP contribution is -3.12. The molecule has 0 amide bonds. The molecular formula is C22H33N2O3S+. The number of fused-ring (bicyclic) bond motifs is 2. The van der Waals surface area contributed by atoms with Crippen LogP contribution in [0.3, 0.4) is 0 Å². The molecule has 4 rings (SSSR count). The molecule has 6 heteroatoms. The molecule has 1 saturated heterocycles. The quantitative estimate of drug-likeness (QED) is 0.755. The highest BCUT2D eigenvalue weighted by molar-refractivity contribution is 7.89. The van der Waals surface area contributed by atoms with Crippen LogP contribution in [0.2, 0.25) is 0 Å². The van der Waals surface area contributed by atoms with Gasteiger partial charge in [0, 0.05) is 36.3 Å². The number of nitrogens with one attached hydrogen (secondary N) is 2. The van der Waals surface area contributed by atoms with Crippen LogP contribution in [0.25, 0.3) is 0 Å². The Labute approximate surface area is 168 Å². The van der Waals surface area contributed by atoms with E-state index in [1.807, 2.05) is 6.07 Å². The van der Waals surface area contributed by atoms with Gasteiger partial charge in [0.2, 0.25) is 10.0 Å². The number of piperidine rings is 1. The highest BCUT2D eigenvalue weighted by Crippen LogP contribution is 2.64. The van der Waals surface area contributed by atoms with Gasteiger partial charge in [0.25, 0.3) is 0 Å². The maximum atomic E-state index is 13.0. The van der Waals surface area contributed by atoms with Gasteiger partial charge in [-0.2, -0.15) is 0 Å². The van der Waals surface area contributed by atoms with Crippen LogP contribution in [0.5, 0.6) is 0 Å². The van der Waals surface area contributed by atoms with Gasteiger partial charge in [0.1, 0.15) is 12.3 Å². The van der Waals surface area contributed by atoms with Crippen molar-refractivity contribution < 1.29 is 18.1 Å². The molecule has 1 heterocycles. The Morgan fingerprint density at radius 2 is 1.79 bits per heavy atom. The zero-order valence-electron chi connectivity index (χ0n) is 17.0. The van der Waals surface area contributed by atoms with Crippen molar-refractivity contribution in [3.8, 4) is 0 Å². The van der Waals surface area contributed by atoms with Crippen molar-refractivity contribution in [2.24, 2.45) is 16.7 Å². The Hall–Kier alpha value is -1.24. The van der Waals surface area contributed by atoms with Gasteiger partial charge in [-0.15, -0.1) is 0 Å². The van der Waals surface area contributed by atoms with Crippen LogP contribution >= 0.6 is 0 Å². The summed E-state index contributed by atoms with van der Waals surface area (Å²) in [5, 5.41) is 0. The molecular weight excluding hydrogens is 372 g/mol. The van der Waals surface area contributed by atoms with E-state index >= 15 is 0 Å². The molecule has 5 nitrogen and oxygen atoms in total. The van der Waals surface area contributed by atoms with Crippen LogP contribution in [-0.2, 0) is 21.4 Å². The summed E-state index contributed by atoms with van der Waals surface area (Å²) >= 11 is 0. The molecule has 0 radical (unpaired) electrons. The molecule has 2 N–H and O–H groups in total. The van der Waals surface area contributed by atoms with Gasteiger partial charge in [-0.05, 0) is 24.2 Å². The van der Waals surface area contributed by atoms with E-state index in [-0.39, 0.29) is 23.0 Å². The summed E-state index contributed by atoms with van der Waals surface area (Å²) in [5.74, 6) is 0.487. The summed E-state index contributed by atoms with van der Waals surface area (Å²) in [6.45, 7) is 7.12. The van der Waals surface area contributed by atoms with Crippen LogP contribution < -0.4 is 9.62 Å². The molecule has 1 aromatic carbocycles. The normalized spacial score (nSPS) is 34.6. The van der Waals surface area contributed by atoms with Crippen molar-refractivity contribution in [3.05, 3.63) is 35.9 Å². The summed E-state index contributed by atoms with van der Waals surface area (Å²) in [6, 6.07) is 10.5. The molecule has 0 spiro atoms. The van der Waals surface area contributed by atoms with Crippen LogP contribution in [-0.4, -0.2) is 39.1 Å². The van der Waals surface area contributed by atoms with Crippen molar-refractivity contribution in [1.82, 2.24) is 4.72 Å². The Morgan fingerprint density at radius 1 is 1.11 bits per heavy atom. The van der Waals surface area contributed by atoms with E-state index in [1.165, 1.54) is 10.5 Å². The van der Waals surface area contributed by atoms with E-state index in [2.05, 4.69) is 42.8 Å². The van der Waals surface area contributed by atoms with Crippen LogP contribution in [0, 0.1) is 16.7 Å². The zero-order chi connectivity index (χ0) is 20.0. The lowest BCUT2D eigenvalue weighted by atomic mass is 9.70. The molecule has 154 valence electrons. The number of benzene rings is 1. The van der Waals surface area contributed by atoms with E-state index in [0.29, 0.717) is 12.3 Å². The molecule has 3 aliphatic rings. The van der Waals surface area contributed by atoms with Crippen molar-refractivity contribution in [2.45, 2.75) is 58.5 Å². The van der Waals surface area contributed by atoms with Gasteiger partial charge >= 0.3 is 0 Å². The van der Waals surface area contributed by atoms with Crippen molar-refractivity contribution >= 4 is 15.8 Å². The highest BCUT2D eigenvalue weighted by atomic mass is 32.2. The highest BCUT2D eigenvalue weighted by Gasteiger charge is 2.65. The van der Waals surface area contributed by atoms with Gasteiger partial charge in [-0.3, -0.25) is 4.79 Å². The third kappa shape index (κ3) is 3.55. The Kier molecular flexibility index (Phi) is 5.17. The number of hydrogen-bond acceptors (Lipinski definition) is 3. The van der Waals surface area contributed by atoms with Crippen molar-refractivity contribution in [2.75, 3.05) is 18.8 Å².